The standard InChI is InChI=1S/C12H25NO3/c1-10(11(2)14-3)13-6-8-15-9-12-5-4-7-16-12/h10-13H,4-9H2,1-3H3. The van der Waals surface area contributed by atoms with Crippen molar-refractivity contribution in [2.45, 2.75) is 44.9 Å². The summed E-state index contributed by atoms with van der Waals surface area (Å²) in [5.41, 5.74) is 0. The van der Waals surface area contributed by atoms with E-state index in [9.17, 15) is 0 Å². The zero-order chi connectivity index (χ0) is 11.8. The molecule has 4 nitrogen and oxygen atoms in total. The minimum absolute atomic E-state index is 0.234. The molecule has 1 N–H and O–H groups in total. The summed E-state index contributed by atoms with van der Waals surface area (Å²) in [6.07, 6.45) is 2.88. The Morgan fingerprint density at radius 3 is 2.88 bits per heavy atom. The largest absolute Gasteiger partial charge is 0.380 e. The number of rotatable bonds is 8. The molecule has 0 amide bonds. The third kappa shape index (κ3) is 5.25. The molecule has 3 atom stereocenters. The minimum Gasteiger partial charge on any atom is -0.380 e. The first-order valence-corrected chi connectivity index (χ1v) is 6.19. The highest BCUT2D eigenvalue weighted by atomic mass is 16.5. The van der Waals surface area contributed by atoms with Gasteiger partial charge in [-0.1, -0.05) is 0 Å². The van der Waals surface area contributed by atoms with E-state index in [0.717, 1.165) is 32.8 Å². The summed E-state index contributed by atoms with van der Waals surface area (Å²) < 4.78 is 16.3. The Labute approximate surface area is 98.6 Å². The SMILES string of the molecule is COC(C)C(C)NCCOCC1CCCO1. The Hall–Kier alpha value is -0.160. The van der Waals surface area contributed by atoms with Crippen molar-refractivity contribution in [2.24, 2.45) is 0 Å². The van der Waals surface area contributed by atoms with Crippen LogP contribution in [0, 0.1) is 0 Å². The van der Waals surface area contributed by atoms with E-state index in [0.29, 0.717) is 12.1 Å². The van der Waals surface area contributed by atoms with Crippen molar-refractivity contribution in [3.05, 3.63) is 0 Å². The monoisotopic (exact) mass is 231 g/mol. The molecule has 1 aliphatic heterocycles. The highest BCUT2D eigenvalue weighted by molar-refractivity contribution is 4.68. The number of hydrogen-bond donors (Lipinski definition) is 1. The molecule has 0 aliphatic carbocycles. The van der Waals surface area contributed by atoms with Crippen LogP contribution >= 0.6 is 0 Å². The summed E-state index contributed by atoms with van der Waals surface area (Å²) in [5.74, 6) is 0. The lowest BCUT2D eigenvalue weighted by molar-refractivity contribution is 0.0160. The minimum atomic E-state index is 0.234. The van der Waals surface area contributed by atoms with Gasteiger partial charge in [0.1, 0.15) is 0 Å². The Balaban J connectivity index is 1.91. The van der Waals surface area contributed by atoms with Crippen LogP contribution in [0.1, 0.15) is 26.7 Å². The van der Waals surface area contributed by atoms with Crippen molar-refractivity contribution in [1.29, 1.82) is 0 Å². The van der Waals surface area contributed by atoms with E-state index in [2.05, 4.69) is 19.2 Å². The Morgan fingerprint density at radius 1 is 1.44 bits per heavy atom. The van der Waals surface area contributed by atoms with Crippen molar-refractivity contribution in [3.8, 4) is 0 Å². The molecule has 0 aromatic carbocycles. The van der Waals surface area contributed by atoms with Gasteiger partial charge in [0.05, 0.1) is 25.4 Å². The van der Waals surface area contributed by atoms with E-state index in [1.54, 1.807) is 7.11 Å². The van der Waals surface area contributed by atoms with Crippen LogP contribution in [0.15, 0.2) is 0 Å². The normalized spacial score (nSPS) is 24.6. The highest BCUT2D eigenvalue weighted by Gasteiger charge is 2.15. The van der Waals surface area contributed by atoms with Crippen molar-refractivity contribution < 1.29 is 14.2 Å². The highest BCUT2D eigenvalue weighted by Crippen LogP contribution is 2.11. The lowest BCUT2D eigenvalue weighted by atomic mass is 10.2. The van der Waals surface area contributed by atoms with Gasteiger partial charge < -0.3 is 19.5 Å². The second-order valence-corrected chi connectivity index (χ2v) is 4.39. The molecule has 1 heterocycles. The van der Waals surface area contributed by atoms with Crippen LogP contribution < -0.4 is 5.32 Å². The van der Waals surface area contributed by atoms with E-state index < -0.39 is 0 Å². The summed E-state index contributed by atoms with van der Waals surface area (Å²) in [6.45, 7) is 7.41. The molecular formula is C12H25NO3. The lowest BCUT2D eigenvalue weighted by Crippen LogP contribution is -2.38. The molecule has 1 saturated heterocycles. The maximum Gasteiger partial charge on any atom is 0.0809 e. The summed E-state index contributed by atoms with van der Waals surface area (Å²) in [6, 6.07) is 0.358. The topological polar surface area (TPSA) is 39.7 Å². The predicted molar refractivity (Wildman–Crippen MR) is 63.7 cm³/mol. The van der Waals surface area contributed by atoms with Crippen LogP contribution in [-0.4, -0.2) is 51.7 Å². The summed E-state index contributed by atoms with van der Waals surface area (Å²) in [4.78, 5) is 0. The molecule has 0 spiro atoms. The van der Waals surface area contributed by atoms with Gasteiger partial charge in [-0.25, -0.2) is 0 Å². The Morgan fingerprint density at radius 2 is 2.25 bits per heavy atom. The van der Waals surface area contributed by atoms with E-state index in [1.807, 2.05) is 0 Å². The second-order valence-electron chi connectivity index (χ2n) is 4.39. The molecule has 1 fully saturated rings. The first-order chi connectivity index (χ1) is 7.74. The van der Waals surface area contributed by atoms with Gasteiger partial charge in [-0.2, -0.15) is 0 Å². The fourth-order valence-electron chi connectivity index (χ4n) is 1.72. The zero-order valence-electron chi connectivity index (χ0n) is 10.7. The summed E-state index contributed by atoms with van der Waals surface area (Å²) in [7, 11) is 1.73. The molecule has 0 aromatic rings. The number of nitrogens with one attached hydrogen (secondary N) is 1. The zero-order valence-corrected chi connectivity index (χ0v) is 10.7. The van der Waals surface area contributed by atoms with Crippen molar-refractivity contribution in [3.63, 3.8) is 0 Å². The van der Waals surface area contributed by atoms with E-state index in [4.69, 9.17) is 14.2 Å². The predicted octanol–water partition coefficient (Wildman–Crippen LogP) is 1.19. The van der Waals surface area contributed by atoms with Crippen LogP contribution in [0.5, 0.6) is 0 Å². The molecule has 0 bridgehead atoms. The fraction of sp³-hybridized carbons (Fsp3) is 1.00. The average molecular weight is 231 g/mol. The van der Waals surface area contributed by atoms with Crippen LogP contribution in [0.2, 0.25) is 0 Å². The maximum atomic E-state index is 5.55. The third-order valence-electron chi connectivity index (χ3n) is 3.12. The number of methoxy groups -OCH3 is 1. The van der Waals surface area contributed by atoms with Crippen molar-refractivity contribution >= 4 is 0 Å². The second kappa shape index (κ2) is 8.01. The third-order valence-corrected chi connectivity index (χ3v) is 3.12. The fourth-order valence-corrected chi connectivity index (χ4v) is 1.72. The van der Waals surface area contributed by atoms with Crippen molar-refractivity contribution in [1.82, 2.24) is 5.32 Å². The maximum absolute atomic E-state index is 5.55. The Kier molecular flexibility index (Phi) is 6.96. The van der Waals surface area contributed by atoms with Gasteiger partial charge in [-0.3, -0.25) is 0 Å². The van der Waals surface area contributed by atoms with Gasteiger partial charge >= 0.3 is 0 Å². The molecule has 0 aromatic heterocycles. The molecule has 96 valence electrons. The first-order valence-electron chi connectivity index (χ1n) is 6.19. The summed E-state index contributed by atoms with van der Waals surface area (Å²) in [5, 5.41) is 3.37. The van der Waals surface area contributed by atoms with E-state index >= 15 is 0 Å². The van der Waals surface area contributed by atoms with Crippen LogP contribution in [0.4, 0.5) is 0 Å². The molecule has 4 heteroatoms. The molecule has 0 radical (unpaired) electrons. The van der Waals surface area contributed by atoms with Gasteiger partial charge in [0.15, 0.2) is 0 Å². The quantitative estimate of drug-likeness (QED) is 0.637. The van der Waals surface area contributed by atoms with Crippen LogP contribution in [-0.2, 0) is 14.2 Å². The van der Waals surface area contributed by atoms with Gasteiger partial charge in [0.25, 0.3) is 0 Å². The van der Waals surface area contributed by atoms with Crippen LogP contribution in [0.25, 0.3) is 0 Å². The first kappa shape index (κ1) is 13.9. The smallest absolute Gasteiger partial charge is 0.0809 e. The van der Waals surface area contributed by atoms with Gasteiger partial charge in [0, 0.05) is 26.3 Å². The van der Waals surface area contributed by atoms with E-state index in [1.165, 1.54) is 6.42 Å². The molecule has 16 heavy (non-hydrogen) atoms. The number of hydrogen-bond acceptors (Lipinski definition) is 4. The summed E-state index contributed by atoms with van der Waals surface area (Å²) >= 11 is 0. The van der Waals surface area contributed by atoms with Gasteiger partial charge in [-0.05, 0) is 26.7 Å². The molecular weight excluding hydrogens is 206 g/mol. The molecule has 3 unspecified atom stereocenters. The molecule has 1 aliphatic rings. The molecule has 0 saturated carbocycles. The van der Waals surface area contributed by atoms with Crippen LogP contribution in [0.3, 0.4) is 0 Å². The van der Waals surface area contributed by atoms with E-state index in [-0.39, 0.29) is 6.10 Å². The van der Waals surface area contributed by atoms with Gasteiger partial charge in [0.2, 0.25) is 0 Å². The average Bonchev–Trinajstić information content (AvgIpc) is 2.80. The number of ether oxygens (including phenoxy) is 3. The van der Waals surface area contributed by atoms with Crippen molar-refractivity contribution in [2.75, 3.05) is 33.5 Å². The Bertz CT molecular complexity index is 172. The lowest BCUT2D eigenvalue weighted by Gasteiger charge is -2.20. The van der Waals surface area contributed by atoms with Gasteiger partial charge in [-0.15, -0.1) is 0 Å². The molecule has 1 rings (SSSR count).